The van der Waals surface area contributed by atoms with Gasteiger partial charge in [0.1, 0.15) is 11.3 Å². The van der Waals surface area contributed by atoms with E-state index in [1.165, 1.54) is 12.8 Å². The van der Waals surface area contributed by atoms with Crippen molar-refractivity contribution in [2.45, 2.75) is 52.0 Å². The molecule has 0 amide bonds. The van der Waals surface area contributed by atoms with Crippen LogP contribution in [0.15, 0.2) is 6.33 Å². The van der Waals surface area contributed by atoms with Gasteiger partial charge in [-0.05, 0) is 25.2 Å². The van der Waals surface area contributed by atoms with Gasteiger partial charge in [0.25, 0.3) is 0 Å². The van der Waals surface area contributed by atoms with Gasteiger partial charge in [0.15, 0.2) is 11.5 Å². The van der Waals surface area contributed by atoms with Crippen molar-refractivity contribution in [3.63, 3.8) is 0 Å². The van der Waals surface area contributed by atoms with Crippen molar-refractivity contribution < 1.29 is 0 Å². The minimum atomic E-state index is 0.409. The van der Waals surface area contributed by atoms with E-state index in [4.69, 9.17) is 10.7 Å². The molecule has 1 fully saturated rings. The third kappa shape index (κ3) is 2.07. The molecular formula is C14H21N5. The third-order valence-electron chi connectivity index (χ3n) is 3.95. The predicted octanol–water partition coefficient (Wildman–Crippen LogP) is 2.89. The standard InChI is InChI=1S/C14H21N5/c1-4-10(8(2)3)19-7-16-11-12(15)17-13(9-5-6-9)18-14(11)19/h7-10H,4-6H2,1-3H3,(H2,15,17,18). The fourth-order valence-corrected chi connectivity index (χ4v) is 2.71. The summed E-state index contributed by atoms with van der Waals surface area (Å²) in [6.45, 7) is 6.65. The van der Waals surface area contributed by atoms with Crippen molar-refractivity contribution in [3.05, 3.63) is 12.2 Å². The van der Waals surface area contributed by atoms with E-state index in [-0.39, 0.29) is 0 Å². The molecule has 1 atom stereocenters. The van der Waals surface area contributed by atoms with Crippen molar-refractivity contribution in [2.75, 3.05) is 5.73 Å². The zero-order chi connectivity index (χ0) is 13.6. The fraction of sp³-hybridized carbons (Fsp3) is 0.643. The molecule has 1 aliphatic rings. The summed E-state index contributed by atoms with van der Waals surface area (Å²) in [5, 5.41) is 0. The number of nitrogen functional groups attached to an aromatic ring is 1. The van der Waals surface area contributed by atoms with E-state index in [9.17, 15) is 0 Å². The first-order valence-corrected chi connectivity index (χ1v) is 7.11. The lowest BCUT2D eigenvalue weighted by atomic mass is 10.0. The molecule has 0 bridgehead atoms. The first kappa shape index (κ1) is 12.4. The second kappa shape index (κ2) is 4.47. The van der Waals surface area contributed by atoms with Crippen LogP contribution in [0, 0.1) is 5.92 Å². The monoisotopic (exact) mass is 259 g/mol. The molecule has 0 spiro atoms. The Balaban J connectivity index is 2.14. The molecule has 2 aromatic heterocycles. The Kier molecular flexibility index (Phi) is 2.92. The maximum absolute atomic E-state index is 6.03. The van der Waals surface area contributed by atoms with Gasteiger partial charge in [0.05, 0.1) is 6.33 Å². The van der Waals surface area contributed by atoms with Gasteiger partial charge in [-0.2, -0.15) is 0 Å². The van der Waals surface area contributed by atoms with E-state index in [1.54, 1.807) is 0 Å². The van der Waals surface area contributed by atoms with Gasteiger partial charge in [-0.3, -0.25) is 0 Å². The van der Waals surface area contributed by atoms with E-state index in [1.807, 2.05) is 6.33 Å². The summed E-state index contributed by atoms with van der Waals surface area (Å²) in [6, 6.07) is 0.409. The summed E-state index contributed by atoms with van der Waals surface area (Å²) < 4.78 is 2.17. The van der Waals surface area contributed by atoms with Crippen molar-refractivity contribution in [1.82, 2.24) is 19.5 Å². The van der Waals surface area contributed by atoms with Crippen LogP contribution in [0.1, 0.15) is 57.8 Å². The number of hydrogen-bond donors (Lipinski definition) is 1. The van der Waals surface area contributed by atoms with Crippen molar-refractivity contribution >= 4 is 17.0 Å². The van der Waals surface area contributed by atoms with Crippen molar-refractivity contribution in [2.24, 2.45) is 5.92 Å². The summed E-state index contributed by atoms with van der Waals surface area (Å²) in [7, 11) is 0. The second-order valence-corrected chi connectivity index (χ2v) is 5.78. The Morgan fingerprint density at radius 3 is 2.68 bits per heavy atom. The molecule has 3 rings (SSSR count). The lowest BCUT2D eigenvalue weighted by Crippen LogP contribution is -2.14. The zero-order valence-electron chi connectivity index (χ0n) is 11.8. The number of rotatable bonds is 4. The molecule has 0 aromatic carbocycles. The number of fused-ring (bicyclic) bond motifs is 1. The number of hydrogen-bond acceptors (Lipinski definition) is 4. The summed E-state index contributed by atoms with van der Waals surface area (Å²) >= 11 is 0. The molecule has 5 heteroatoms. The average Bonchev–Trinajstić information content (AvgIpc) is 3.13. The molecule has 0 radical (unpaired) electrons. The molecule has 5 nitrogen and oxygen atoms in total. The van der Waals surface area contributed by atoms with Crippen molar-refractivity contribution in [1.29, 1.82) is 0 Å². The van der Waals surface area contributed by atoms with Crippen LogP contribution in [0.25, 0.3) is 11.2 Å². The first-order valence-electron chi connectivity index (χ1n) is 7.11. The molecule has 0 saturated heterocycles. The van der Waals surface area contributed by atoms with Crippen LogP contribution in [-0.2, 0) is 0 Å². The van der Waals surface area contributed by atoms with Gasteiger partial charge < -0.3 is 10.3 Å². The van der Waals surface area contributed by atoms with Crippen LogP contribution in [0.3, 0.4) is 0 Å². The molecular weight excluding hydrogens is 238 g/mol. The SMILES string of the molecule is CCC(C(C)C)n1cnc2c(N)nc(C3CC3)nc21. The molecule has 0 aliphatic heterocycles. The first-order chi connectivity index (χ1) is 9.11. The molecule has 1 saturated carbocycles. The van der Waals surface area contributed by atoms with Gasteiger partial charge in [0.2, 0.25) is 0 Å². The highest BCUT2D eigenvalue weighted by atomic mass is 15.2. The van der Waals surface area contributed by atoms with E-state index in [0.717, 1.165) is 23.4 Å². The lowest BCUT2D eigenvalue weighted by Gasteiger charge is -2.21. The minimum Gasteiger partial charge on any atom is -0.382 e. The van der Waals surface area contributed by atoms with E-state index >= 15 is 0 Å². The number of nitrogens with two attached hydrogens (primary N) is 1. The third-order valence-corrected chi connectivity index (χ3v) is 3.95. The quantitative estimate of drug-likeness (QED) is 0.916. The number of nitrogens with zero attached hydrogens (tertiary/aromatic N) is 4. The highest BCUT2D eigenvalue weighted by Gasteiger charge is 2.28. The molecule has 1 unspecified atom stereocenters. The maximum atomic E-state index is 6.03. The van der Waals surface area contributed by atoms with Crippen LogP contribution in [-0.4, -0.2) is 19.5 Å². The summed E-state index contributed by atoms with van der Waals surface area (Å²) in [5.41, 5.74) is 7.66. The summed E-state index contributed by atoms with van der Waals surface area (Å²) in [5.74, 6) is 2.46. The van der Waals surface area contributed by atoms with Crippen molar-refractivity contribution in [3.8, 4) is 0 Å². The van der Waals surface area contributed by atoms with Gasteiger partial charge in [-0.25, -0.2) is 15.0 Å². The van der Waals surface area contributed by atoms with Gasteiger partial charge in [-0.15, -0.1) is 0 Å². The number of anilines is 1. The normalized spacial score (nSPS) is 17.3. The Hall–Kier alpha value is -1.65. The summed E-state index contributed by atoms with van der Waals surface area (Å²) in [6.07, 6.45) is 5.29. The molecule has 19 heavy (non-hydrogen) atoms. The van der Waals surface area contributed by atoms with Crippen LogP contribution in [0.5, 0.6) is 0 Å². The Bertz CT molecular complexity index is 597. The smallest absolute Gasteiger partial charge is 0.166 e. The second-order valence-electron chi connectivity index (χ2n) is 5.78. The summed E-state index contributed by atoms with van der Waals surface area (Å²) in [4.78, 5) is 13.5. The highest BCUT2D eigenvalue weighted by Crippen LogP contribution is 2.39. The van der Waals surface area contributed by atoms with Gasteiger partial charge in [0, 0.05) is 12.0 Å². The lowest BCUT2D eigenvalue weighted by molar-refractivity contribution is 0.372. The maximum Gasteiger partial charge on any atom is 0.166 e. The van der Waals surface area contributed by atoms with E-state index in [2.05, 4.69) is 35.3 Å². The molecule has 2 N–H and O–H groups in total. The molecule has 102 valence electrons. The Labute approximate surface area is 113 Å². The largest absolute Gasteiger partial charge is 0.382 e. The van der Waals surface area contributed by atoms with Crippen LogP contribution < -0.4 is 5.73 Å². The van der Waals surface area contributed by atoms with Gasteiger partial charge >= 0.3 is 0 Å². The highest BCUT2D eigenvalue weighted by molar-refractivity contribution is 5.81. The molecule has 2 aromatic rings. The Morgan fingerprint density at radius 1 is 1.37 bits per heavy atom. The number of imidazole rings is 1. The van der Waals surface area contributed by atoms with Crippen LogP contribution in [0.4, 0.5) is 5.82 Å². The molecule has 1 aliphatic carbocycles. The average molecular weight is 259 g/mol. The van der Waals surface area contributed by atoms with Crippen LogP contribution in [0.2, 0.25) is 0 Å². The topological polar surface area (TPSA) is 69.6 Å². The van der Waals surface area contributed by atoms with E-state index < -0.39 is 0 Å². The Morgan fingerprint density at radius 2 is 2.11 bits per heavy atom. The zero-order valence-corrected chi connectivity index (χ0v) is 11.8. The number of aromatic nitrogens is 4. The predicted molar refractivity (Wildman–Crippen MR) is 75.9 cm³/mol. The van der Waals surface area contributed by atoms with Gasteiger partial charge in [-0.1, -0.05) is 20.8 Å². The minimum absolute atomic E-state index is 0.409. The van der Waals surface area contributed by atoms with Crippen LogP contribution >= 0.6 is 0 Å². The fourth-order valence-electron chi connectivity index (χ4n) is 2.71. The molecule has 2 heterocycles. The van der Waals surface area contributed by atoms with E-state index in [0.29, 0.717) is 23.7 Å².